The highest BCUT2D eigenvalue weighted by Crippen LogP contribution is 2.57. The van der Waals surface area contributed by atoms with Gasteiger partial charge < -0.3 is 28.6 Å². The molecule has 1 saturated heterocycles. The van der Waals surface area contributed by atoms with Crippen molar-refractivity contribution in [3.63, 3.8) is 0 Å². The monoisotopic (exact) mass is 1350 g/mol. The van der Waals surface area contributed by atoms with Crippen LogP contribution >= 0.6 is 0 Å². The quantitative estimate of drug-likeness (QED) is 0.0747. The topological polar surface area (TPSA) is 19.4 Å². The van der Waals surface area contributed by atoms with Crippen LogP contribution < -0.4 is 90.8 Å². The Morgan fingerprint density at radius 3 is 0.490 bits per heavy atom. The van der Waals surface area contributed by atoms with Gasteiger partial charge in [-0.3, -0.25) is 0 Å². The van der Waals surface area contributed by atoms with Crippen LogP contribution in [0.2, 0.25) is 0 Å². The number of para-hydroxylation sites is 6. The zero-order valence-corrected chi connectivity index (χ0v) is 59.3. The first-order valence-corrected chi connectivity index (χ1v) is 41.5. The molecule has 15 aromatic rings. The van der Waals surface area contributed by atoms with Crippen molar-refractivity contribution in [3.05, 3.63) is 419 Å². The van der Waals surface area contributed by atoms with Gasteiger partial charge in [-0.25, -0.2) is 0 Å². The highest BCUT2D eigenvalue weighted by Gasteiger charge is 2.70. The first kappa shape index (κ1) is 61.1. The second kappa shape index (κ2) is 25.3. The molecule has 4 heterocycles. The van der Waals surface area contributed by atoms with Crippen LogP contribution in [0.15, 0.2) is 419 Å². The van der Waals surface area contributed by atoms with E-state index in [1.807, 2.05) is 0 Å². The summed E-state index contributed by atoms with van der Waals surface area (Å²) in [4.78, 5) is 8.07. The molecule has 4 aliphatic rings. The fourth-order valence-corrected chi connectivity index (χ4v) is 32.3. The number of hydrogen-bond acceptors (Lipinski definition) is 6. The van der Waals surface area contributed by atoms with Crippen molar-refractivity contribution >= 4 is 159 Å². The minimum atomic E-state index is -3.04. The molecule has 1 fully saturated rings. The minimum Gasteiger partial charge on any atom is -0.382 e. The Labute approximate surface area is 602 Å². The van der Waals surface area contributed by atoms with Gasteiger partial charge in [0.2, 0.25) is 0 Å². The largest absolute Gasteiger partial charge is 0.489 e. The van der Waals surface area contributed by atoms with Crippen LogP contribution in [0.5, 0.6) is 0 Å². The second-order valence-corrected chi connectivity index (χ2v) is 38.5. The van der Waals surface area contributed by atoms with Crippen molar-refractivity contribution in [2.24, 2.45) is 0 Å². The van der Waals surface area contributed by atoms with E-state index in [4.69, 9.17) is 0 Å². The molecule has 0 aliphatic carbocycles. The molecule has 0 saturated carbocycles. The maximum atomic E-state index is 2.76. The van der Waals surface area contributed by atoms with Gasteiger partial charge in [0.1, 0.15) is 0 Å². The molecule has 12 heteroatoms. The lowest BCUT2D eigenvalue weighted by molar-refractivity contribution is 1.26. The SMILES string of the molecule is c1ccc([Si](c2ccccc2)(c2ccccc2)c2cccc(N3B4N(B5N(B6N4c4ccccc4N6c4cccc([Si](c6ccccc6)(c6ccccc6)c6ccccc6)c4)c4ccccc4N5c4cccc([Si](c5ccccc5)(c5ccccc5)c5ccccc5)c4)c4ccccc43)c2)cc1. The third-order valence-corrected chi connectivity index (χ3v) is 36.3. The molecule has 0 N–H and O–H groups in total. The van der Waals surface area contributed by atoms with Crippen LogP contribution in [0, 0.1) is 0 Å². The first-order chi connectivity index (χ1) is 50.7. The lowest BCUT2D eigenvalue weighted by Gasteiger charge is -2.51. The summed E-state index contributed by atoms with van der Waals surface area (Å²) in [6.45, 7) is 0. The van der Waals surface area contributed by atoms with E-state index in [1.54, 1.807) is 0 Å². The summed E-state index contributed by atoms with van der Waals surface area (Å²) in [5, 5.41) is 16.0. The normalized spacial score (nSPS) is 13.7. The summed E-state index contributed by atoms with van der Waals surface area (Å²) in [5.74, 6) is 0. The van der Waals surface area contributed by atoms with E-state index in [1.165, 1.54) is 62.2 Å². The molecular weight excluding hydrogens is 1280 g/mol. The Balaban J connectivity index is 0.875. The Morgan fingerprint density at radius 1 is 0.147 bits per heavy atom. The van der Waals surface area contributed by atoms with Gasteiger partial charge in [0.25, 0.3) is 0 Å². The summed E-state index contributed by atoms with van der Waals surface area (Å²) in [5.41, 5.74) is 10.2. The number of nitrogens with zero attached hydrogens (tertiary/aromatic N) is 6. The molecule has 4 aliphatic heterocycles. The van der Waals surface area contributed by atoms with Crippen LogP contribution in [0.1, 0.15) is 0 Å². The number of hydrogen-bond donors (Lipinski definition) is 0. The highest BCUT2D eigenvalue weighted by atomic mass is 28.3. The summed E-state index contributed by atoms with van der Waals surface area (Å²) in [7, 11) is -10.4. The van der Waals surface area contributed by atoms with Gasteiger partial charge in [0, 0.05) is 34.1 Å². The van der Waals surface area contributed by atoms with Crippen molar-refractivity contribution in [1.29, 1.82) is 0 Å². The standard InChI is InChI=1S/C90H69B3N6Si3/c1-10-40-73(41-11-1)100(74-42-12-2-13-43-74,75-44-14-3-15-45-75)82-58-34-37-70(67-82)94-85-61-28-31-64-88(85)97-91(94)98-89-65-32-29-62-86(89)95(71-38-35-59-83(68-71)101(76-46-16-4-17-47-76,77-48-18-5-19-49-77)78-50-20-6-21-51-78)93(98)99-90-66-33-30-63-87(90)96(92(97)99)72-39-36-60-84(69-72)102(79-52-22-7-23-53-79,80-54-24-8-25-55-80)81-56-26-9-27-57-81/h1-69H. The van der Waals surface area contributed by atoms with Gasteiger partial charge in [-0.15, -0.1) is 0 Å². The molecule has 0 unspecified atom stereocenters. The van der Waals surface area contributed by atoms with Crippen LogP contribution in [-0.2, 0) is 0 Å². The molecule has 15 aromatic carbocycles. The number of rotatable bonds is 15. The summed E-state index contributed by atoms with van der Waals surface area (Å²) in [6, 6.07) is 159. The summed E-state index contributed by atoms with van der Waals surface area (Å²) < 4.78 is 8.27. The van der Waals surface area contributed by atoms with E-state index >= 15 is 0 Å². The Kier molecular flexibility index (Phi) is 15.1. The Morgan fingerprint density at radius 2 is 0.304 bits per heavy atom. The number of anilines is 9. The molecule has 0 atom stereocenters. The van der Waals surface area contributed by atoms with Gasteiger partial charge in [-0.2, -0.15) is 0 Å². The van der Waals surface area contributed by atoms with E-state index in [-0.39, 0.29) is 0 Å². The van der Waals surface area contributed by atoms with Gasteiger partial charge in [-0.1, -0.05) is 346 Å². The Bertz CT molecular complexity index is 4670. The average Bonchev–Trinajstić information content (AvgIpc) is 1.50. The molecule has 0 amide bonds. The van der Waals surface area contributed by atoms with E-state index in [2.05, 4.69) is 447 Å². The zero-order valence-electron chi connectivity index (χ0n) is 56.3. The lowest BCUT2D eigenvalue weighted by atomic mass is 9.55. The van der Waals surface area contributed by atoms with E-state index in [0.717, 1.165) is 51.2 Å². The molecule has 0 spiro atoms. The van der Waals surface area contributed by atoms with Crippen molar-refractivity contribution in [3.8, 4) is 0 Å². The molecule has 0 radical (unpaired) electrons. The molecule has 19 rings (SSSR count). The Hall–Kier alpha value is -12.1. The molecule has 480 valence electrons. The predicted octanol–water partition coefficient (Wildman–Crippen LogP) is 12.1. The van der Waals surface area contributed by atoms with Crippen molar-refractivity contribution in [1.82, 2.24) is 0 Å². The number of benzene rings is 15. The van der Waals surface area contributed by atoms with E-state index in [9.17, 15) is 0 Å². The average molecular weight is 1350 g/mol. The fourth-order valence-electron chi connectivity index (χ4n) is 18.0. The van der Waals surface area contributed by atoms with Crippen molar-refractivity contribution < 1.29 is 0 Å². The van der Waals surface area contributed by atoms with Crippen LogP contribution in [0.4, 0.5) is 51.2 Å². The molecular formula is C90H69B3N6Si3. The van der Waals surface area contributed by atoms with E-state index < -0.39 is 45.6 Å². The van der Waals surface area contributed by atoms with Crippen molar-refractivity contribution in [2.45, 2.75) is 0 Å². The van der Waals surface area contributed by atoms with Gasteiger partial charge in [0.05, 0.1) is 17.1 Å². The fraction of sp³-hybridized carbons (Fsp3) is 0. The summed E-state index contributed by atoms with van der Waals surface area (Å²) in [6.07, 6.45) is 0. The lowest BCUT2D eigenvalue weighted by Crippen LogP contribution is -2.84. The van der Waals surface area contributed by atoms with Gasteiger partial charge in [0.15, 0.2) is 24.2 Å². The predicted molar refractivity (Wildman–Crippen MR) is 441 cm³/mol. The maximum Gasteiger partial charge on any atom is 0.489 e. The molecule has 6 nitrogen and oxygen atoms in total. The first-order valence-electron chi connectivity index (χ1n) is 35.5. The molecule has 0 aromatic heterocycles. The minimum absolute atomic E-state index is 0.419. The smallest absolute Gasteiger partial charge is 0.382 e. The van der Waals surface area contributed by atoms with Gasteiger partial charge >= 0.3 is 21.4 Å². The third-order valence-electron chi connectivity index (χ3n) is 22.0. The summed E-state index contributed by atoms with van der Waals surface area (Å²) >= 11 is 0. The van der Waals surface area contributed by atoms with Crippen LogP contribution in [0.25, 0.3) is 0 Å². The maximum absolute atomic E-state index is 3.04. The van der Waals surface area contributed by atoms with Crippen LogP contribution in [-0.4, -0.2) is 45.6 Å². The molecule has 102 heavy (non-hydrogen) atoms. The molecule has 0 bridgehead atoms. The van der Waals surface area contributed by atoms with Crippen LogP contribution in [0.3, 0.4) is 0 Å². The van der Waals surface area contributed by atoms with E-state index in [0.29, 0.717) is 0 Å². The second-order valence-electron chi connectivity index (χ2n) is 27.0. The van der Waals surface area contributed by atoms with Crippen molar-refractivity contribution in [2.75, 3.05) is 28.6 Å². The van der Waals surface area contributed by atoms with Gasteiger partial charge in [-0.05, 0) is 135 Å². The zero-order chi connectivity index (χ0) is 67.6. The highest BCUT2D eigenvalue weighted by molar-refractivity contribution is 7.21. The third kappa shape index (κ3) is 9.33. The number of fused-ring (bicyclic) bond motifs is 12.